The summed E-state index contributed by atoms with van der Waals surface area (Å²) in [5, 5.41) is 14.8. The van der Waals surface area contributed by atoms with E-state index in [1.54, 1.807) is 6.07 Å². The molecule has 6 nitrogen and oxygen atoms in total. The van der Waals surface area contributed by atoms with Gasteiger partial charge < -0.3 is 14.1 Å². The van der Waals surface area contributed by atoms with Crippen LogP contribution in [-0.4, -0.2) is 27.2 Å². The minimum Gasteiger partial charge on any atom is -0.535 e. The molecule has 1 radical (unpaired) electrons. The number of benzene rings is 6. The van der Waals surface area contributed by atoms with Gasteiger partial charge in [0.15, 0.2) is 11.2 Å². The van der Waals surface area contributed by atoms with E-state index in [2.05, 4.69) is 83.4 Å². The van der Waals surface area contributed by atoms with Crippen LogP contribution < -0.4 is 4.65 Å². The topological polar surface area (TPSA) is 73.3 Å². The number of hydrogen-bond donors (Lipinski definition) is 1. The third-order valence-corrected chi connectivity index (χ3v) is 8.49. The highest BCUT2D eigenvalue weighted by atomic mass is 16.5. The van der Waals surface area contributed by atoms with Crippen molar-refractivity contribution in [2.75, 3.05) is 0 Å². The third kappa shape index (κ3) is 3.95. The van der Waals surface area contributed by atoms with E-state index >= 15 is 0 Å². The Kier molecular flexibility index (Phi) is 5.73. The molecule has 7 heteroatoms. The summed E-state index contributed by atoms with van der Waals surface area (Å²) in [6.45, 7) is 0. The van der Waals surface area contributed by atoms with Crippen molar-refractivity contribution in [1.29, 1.82) is 0 Å². The molecule has 0 fully saturated rings. The summed E-state index contributed by atoms with van der Waals surface area (Å²) in [5.41, 5.74) is 7.63. The number of rotatable bonds is 5. The molecule has 3 heterocycles. The van der Waals surface area contributed by atoms with Gasteiger partial charge in [-0.05, 0) is 52.2 Å². The molecule has 0 saturated carbocycles. The van der Waals surface area contributed by atoms with E-state index in [-0.39, 0.29) is 0 Å². The first-order valence-electron chi connectivity index (χ1n) is 14.7. The molecule has 0 saturated heterocycles. The lowest BCUT2D eigenvalue weighted by atomic mass is 9.97. The lowest BCUT2D eigenvalue weighted by Crippen LogP contribution is -2.02. The average Bonchev–Trinajstić information content (AvgIpc) is 3.64. The quantitative estimate of drug-likeness (QED) is 0.206. The SMILES string of the molecule is O[B]Oc1cccc2c1oc1c(-c3ccccc3)nc(-n3c4ccccc4c4cc(-c5cccc6ccccc56)ccc43)nc12. The minimum atomic E-state index is 0.395. The standard InChI is InChI=1S/C38H23BN3O3/c43-39-45-33-19-9-17-29-35-37(44-36(29)33)34(24-11-2-1-3-12-24)40-38(41-35)42-31-18-7-6-15-28(31)30-22-25(20-21-32(30)42)27-16-8-13-23-10-4-5-14-26(23)27/h1-22,43H. The van der Waals surface area contributed by atoms with Gasteiger partial charge >= 0.3 is 7.69 Å². The molecule has 0 atom stereocenters. The van der Waals surface area contributed by atoms with Gasteiger partial charge in [-0.25, -0.2) is 9.97 Å². The zero-order chi connectivity index (χ0) is 29.9. The number of aromatic nitrogens is 3. The van der Waals surface area contributed by atoms with E-state index in [9.17, 15) is 5.02 Å². The number of furan rings is 1. The molecule has 45 heavy (non-hydrogen) atoms. The predicted molar refractivity (Wildman–Crippen MR) is 181 cm³/mol. The third-order valence-electron chi connectivity index (χ3n) is 8.49. The van der Waals surface area contributed by atoms with E-state index in [1.165, 1.54) is 16.3 Å². The van der Waals surface area contributed by atoms with Crippen LogP contribution in [0.4, 0.5) is 0 Å². The van der Waals surface area contributed by atoms with E-state index in [1.807, 2.05) is 48.5 Å². The molecular formula is C38H23BN3O3. The molecule has 0 spiro atoms. The van der Waals surface area contributed by atoms with Gasteiger partial charge in [0.2, 0.25) is 5.95 Å². The van der Waals surface area contributed by atoms with Crippen LogP contribution >= 0.6 is 0 Å². The van der Waals surface area contributed by atoms with Crippen molar-refractivity contribution in [3.05, 3.63) is 133 Å². The number of hydrogen-bond acceptors (Lipinski definition) is 5. The zero-order valence-corrected chi connectivity index (χ0v) is 23.9. The van der Waals surface area contributed by atoms with Gasteiger partial charge in [-0.2, -0.15) is 0 Å². The second-order valence-electron chi connectivity index (χ2n) is 11.0. The van der Waals surface area contributed by atoms with Gasteiger partial charge in [0, 0.05) is 16.3 Å². The monoisotopic (exact) mass is 580 g/mol. The van der Waals surface area contributed by atoms with Gasteiger partial charge in [0.1, 0.15) is 17.0 Å². The van der Waals surface area contributed by atoms with Gasteiger partial charge in [-0.3, -0.25) is 4.57 Å². The van der Waals surface area contributed by atoms with E-state index in [4.69, 9.17) is 19.0 Å². The zero-order valence-electron chi connectivity index (χ0n) is 23.9. The number of nitrogens with zero attached hydrogens (tertiary/aromatic N) is 3. The van der Waals surface area contributed by atoms with Crippen LogP contribution in [-0.2, 0) is 0 Å². The Morgan fingerprint density at radius 3 is 2.22 bits per heavy atom. The maximum atomic E-state index is 9.38. The van der Waals surface area contributed by atoms with Crippen LogP contribution in [0.2, 0.25) is 0 Å². The smallest absolute Gasteiger partial charge is 0.535 e. The molecule has 0 aliphatic carbocycles. The second kappa shape index (κ2) is 10.1. The Hall–Kier alpha value is -5.92. The Bertz CT molecular complexity index is 2570. The fraction of sp³-hybridized carbons (Fsp3) is 0. The van der Waals surface area contributed by atoms with Crippen molar-refractivity contribution in [1.82, 2.24) is 14.5 Å². The lowest BCUT2D eigenvalue weighted by Gasteiger charge is -2.10. The van der Waals surface area contributed by atoms with E-state index < -0.39 is 0 Å². The average molecular weight is 580 g/mol. The van der Waals surface area contributed by atoms with Crippen molar-refractivity contribution < 1.29 is 14.1 Å². The molecule has 0 unspecified atom stereocenters. The van der Waals surface area contributed by atoms with Crippen LogP contribution in [0.15, 0.2) is 138 Å². The van der Waals surface area contributed by atoms with Crippen LogP contribution in [0.3, 0.4) is 0 Å². The minimum absolute atomic E-state index is 0.395. The van der Waals surface area contributed by atoms with Crippen molar-refractivity contribution in [3.63, 3.8) is 0 Å². The first-order valence-corrected chi connectivity index (χ1v) is 14.7. The number of para-hydroxylation sites is 2. The number of fused-ring (bicyclic) bond motifs is 7. The van der Waals surface area contributed by atoms with Crippen LogP contribution in [0.25, 0.3) is 83.0 Å². The molecule has 6 aromatic carbocycles. The summed E-state index contributed by atoms with van der Waals surface area (Å²) in [4.78, 5) is 10.3. The van der Waals surface area contributed by atoms with Gasteiger partial charge in [-0.15, -0.1) is 0 Å². The van der Waals surface area contributed by atoms with Crippen molar-refractivity contribution in [2.24, 2.45) is 0 Å². The molecule has 211 valence electrons. The summed E-state index contributed by atoms with van der Waals surface area (Å²) in [7, 11) is 0.655. The summed E-state index contributed by atoms with van der Waals surface area (Å²) in [6, 6.07) is 45.4. The normalized spacial score (nSPS) is 11.7. The fourth-order valence-corrected chi connectivity index (χ4v) is 6.50. The summed E-state index contributed by atoms with van der Waals surface area (Å²) < 4.78 is 13.9. The Labute approximate surface area is 258 Å². The molecule has 9 rings (SSSR count). The Morgan fingerprint density at radius 1 is 0.600 bits per heavy atom. The maximum Gasteiger partial charge on any atom is 0.569 e. The highest BCUT2D eigenvalue weighted by Gasteiger charge is 2.22. The largest absolute Gasteiger partial charge is 0.569 e. The molecule has 1 N–H and O–H groups in total. The molecular weight excluding hydrogens is 557 g/mol. The van der Waals surface area contributed by atoms with Crippen LogP contribution in [0.5, 0.6) is 5.75 Å². The summed E-state index contributed by atoms with van der Waals surface area (Å²) in [5.74, 6) is 0.930. The maximum absolute atomic E-state index is 9.38. The predicted octanol–water partition coefficient (Wildman–Crippen LogP) is 8.87. The van der Waals surface area contributed by atoms with Gasteiger partial charge in [0.05, 0.1) is 16.4 Å². The van der Waals surface area contributed by atoms with E-state index in [0.717, 1.165) is 38.3 Å². The Balaban J connectivity index is 1.35. The van der Waals surface area contributed by atoms with Crippen molar-refractivity contribution in [3.8, 4) is 34.1 Å². The lowest BCUT2D eigenvalue weighted by molar-refractivity contribution is 0.451. The van der Waals surface area contributed by atoms with Gasteiger partial charge in [-0.1, -0.05) is 103 Å². The first-order chi connectivity index (χ1) is 22.3. The van der Waals surface area contributed by atoms with Crippen LogP contribution in [0.1, 0.15) is 0 Å². The molecule has 0 bridgehead atoms. The van der Waals surface area contributed by atoms with Gasteiger partial charge in [0.25, 0.3) is 0 Å². The highest BCUT2D eigenvalue weighted by Crippen LogP contribution is 2.40. The first kappa shape index (κ1) is 25.6. The van der Waals surface area contributed by atoms with Crippen molar-refractivity contribution >= 4 is 62.3 Å². The second-order valence-corrected chi connectivity index (χ2v) is 11.0. The van der Waals surface area contributed by atoms with Crippen LogP contribution in [0, 0.1) is 0 Å². The highest BCUT2D eigenvalue weighted by molar-refractivity contribution is 6.18. The molecule has 3 aromatic heterocycles. The Morgan fingerprint density at radius 2 is 1.33 bits per heavy atom. The summed E-state index contributed by atoms with van der Waals surface area (Å²) in [6.07, 6.45) is 0. The summed E-state index contributed by atoms with van der Waals surface area (Å²) >= 11 is 0. The fourth-order valence-electron chi connectivity index (χ4n) is 6.50. The van der Waals surface area contributed by atoms with E-state index in [0.29, 0.717) is 41.8 Å². The molecule has 9 aromatic rings. The molecule has 0 aliphatic rings. The van der Waals surface area contributed by atoms with Crippen molar-refractivity contribution in [2.45, 2.75) is 0 Å². The molecule has 0 aliphatic heterocycles. The molecule has 0 amide bonds.